The molecule has 0 N–H and O–H groups in total. The van der Waals surface area contributed by atoms with Gasteiger partial charge in [0.15, 0.2) is 0 Å². The molecule has 0 radical (unpaired) electrons. The Morgan fingerprint density at radius 3 is 2.25 bits per heavy atom. The topological polar surface area (TPSA) is 3.24 Å². The molecule has 1 nitrogen and oxygen atoms in total. The lowest BCUT2D eigenvalue weighted by Crippen LogP contribution is -2.24. The predicted molar refractivity (Wildman–Crippen MR) is 72.2 cm³/mol. The van der Waals surface area contributed by atoms with E-state index in [1.807, 2.05) is 0 Å². The first-order valence-corrected chi connectivity index (χ1v) is 6.58. The Hall–Kier alpha value is -0.530. The summed E-state index contributed by atoms with van der Waals surface area (Å²) in [6.45, 7) is 9.64. The minimum absolute atomic E-state index is 0.610. The highest BCUT2D eigenvalue weighted by Crippen LogP contribution is 2.15. The summed E-state index contributed by atoms with van der Waals surface area (Å²) in [6.07, 6.45) is 0. The molecule has 0 heterocycles. The minimum atomic E-state index is 0.610. The van der Waals surface area contributed by atoms with Crippen LogP contribution in [0.5, 0.6) is 0 Å². The van der Waals surface area contributed by atoms with Crippen LogP contribution < -0.4 is 0 Å². The van der Waals surface area contributed by atoms with Crippen LogP contribution in [-0.4, -0.2) is 23.9 Å². The van der Waals surface area contributed by atoms with Gasteiger partial charge in [-0.25, -0.2) is 0 Å². The van der Waals surface area contributed by atoms with E-state index in [0.717, 1.165) is 19.6 Å². The highest BCUT2D eigenvalue weighted by Gasteiger charge is 2.03. The summed E-state index contributed by atoms with van der Waals surface area (Å²) in [5, 5.41) is 0. The van der Waals surface area contributed by atoms with E-state index >= 15 is 0 Å². The Labute approximate surface area is 104 Å². The van der Waals surface area contributed by atoms with E-state index in [0.29, 0.717) is 11.8 Å². The second-order valence-electron chi connectivity index (χ2n) is 4.45. The summed E-state index contributed by atoms with van der Waals surface area (Å²) in [6, 6.07) is 8.92. The van der Waals surface area contributed by atoms with Gasteiger partial charge in [0.05, 0.1) is 0 Å². The molecule has 0 bridgehead atoms. The monoisotopic (exact) mass is 239 g/mol. The van der Waals surface area contributed by atoms with Gasteiger partial charge in [-0.1, -0.05) is 45.0 Å². The van der Waals surface area contributed by atoms with Crippen molar-refractivity contribution >= 4 is 11.6 Å². The van der Waals surface area contributed by atoms with Crippen molar-refractivity contribution < 1.29 is 0 Å². The van der Waals surface area contributed by atoms with E-state index in [9.17, 15) is 0 Å². The maximum absolute atomic E-state index is 5.77. The second kappa shape index (κ2) is 6.93. The zero-order chi connectivity index (χ0) is 12.0. The van der Waals surface area contributed by atoms with Gasteiger partial charge < -0.3 is 0 Å². The van der Waals surface area contributed by atoms with Crippen molar-refractivity contribution in [3.05, 3.63) is 35.4 Å². The average molecular weight is 240 g/mol. The molecule has 0 aliphatic heterocycles. The smallest absolute Gasteiger partial charge is 0.0351 e. The number of hydrogen-bond donors (Lipinski definition) is 0. The van der Waals surface area contributed by atoms with Crippen molar-refractivity contribution in [3.8, 4) is 0 Å². The van der Waals surface area contributed by atoms with Crippen LogP contribution in [0.4, 0.5) is 0 Å². The van der Waals surface area contributed by atoms with Gasteiger partial charge in [0, 0.05) is 19.0 Å². The molecule has 0 unspecified atom stereocenters. The zero-order valence-corrected chi connectivity index (χ0v) is 11.3. The fourth-order valence-corrected chi connectivity index (χ4v) is 1.97. The van der Waals surface area contributed by atoms with Gasteiger partial charge in [-0.05, 0) is 23.6 Å². The minimum Gasteiger partial charge on any atom is -0.298 e. The quantitative estimate of drug-likeness (QED) is 0.682. The Balaban J connectivity index is 2.60. The van der Waals surface area contributed by atoms with Crippen LogP contribution in [-0.2, 0) is 6.54 Å². The molecule has 0 spiro atoms. The van der Waals surface area contributed by atoms with Gasteiger partial charge in [-0.3, -0.25) is 4.90 Å². The number of hydrogen-bond acceptors (Lipinski definition) is 1. The van der Waals surface area contributed by atoms with Crippen molar-refractivity contribution in [2.24, 2.45) is 0 Å². The molecule has 2 heteroatoms. The summed E-state index contributed by atoms with van der Waals surface area (Å²) >= 11 is 5.77. The third-order valence-electron chi connectivity index (χ3n) is 2.90. The van der Waals surface area contributed by atoms with Crippen LogP contribution in [0.1, 0.15) is 37.8 Å². The number of benzene rings is 1. The molecule has 0 atom stereocenters. The summed E-state index contributed by atoms with van der Waals surface area (Å²) in [4.78, 5) is 2.36. The molecule has 1 aromatic rings. The third-order valence-corrected chi connectivity index (χ3v) is 3.07. The van der Waals surface area contributed by atoms with E-state index in [1.165, 1.54) is 11.1 Å². The fraction of sp³-hybridized carbons (Fsp3) is 0.571. The van der Waals surface area contributed by atoms with Crippen LogP contribution >= 0.6 is 11.6 Å². The highest BCUT2D eigenvalue weighted by molar-refractivity contribution is 6.18. The van der Waals surface area contributed by atoms with Gasteiger partial charge in [-0.15, -0.1) is 11.6 Å². The van der Waals surface area contributed by atoms with Gasteiger partial charge in [0.1, 0.15) is 0 Å². The third kappa shape index (κ3) is 4.15. The highest BCUT2D eigenvalue weighted by atomic mass is 35.5. The van der Waals surface area contributed by atoms with Crippen molar-refractivity contribution in [2.75, 3.05) is 19.0 Å². The Morgan fingerprint density at radius 1 is 1.19 bits per heavy atom. The zero-order valence-electron chi connectivity index (χ0n) is 10.5. The number of rotatable bonds is 6. The van der Waals surface area contributed by atoms with E-state index < -0.39 is 0 Å². The van der Waals surface area contributed by atoms with Crippen LogP contribution in [0.15, 0.2) is 24.3 Å². The van der Waals surface area contributed by atoms with Crippen LogP contribution in [0.3, 0.4) is 0 Å². The van der Waals surface area contributed by atoms with Gasteiger partial charge in [-0.2, -0.15) is 0 Å². The first-order chi connectivity index (χ1) is 7.67. The Morgan fingerprint density at radius 2 is 1.81 bits per heavy atom. The molecule has 0 saturated heterocycles. The summed E-state index contributed by atoms with van der Waals surface area (Å²) < 4.78 is 0. The molecule has 0 amide bonds. The first-order valence-electron chi connectivity index (χ1n) is 6.04. The van der Waals surface area contributed by atoms with Crippen molar-refractivity contribution in [1.29, 1.82) is 0 Å². The lowest BCUT2D eigenvalue weighted by Gasteiger charge is -2.19. The van der Waals surface area contributed by atoms with Crippen LogP contribution in [0, 0.1) is 0 Å². The lowest BCUT2D eigenvalue weighted by molar-refractivity contribution is 0.297. The van der Waals surface area contributed by atoms with Gasteiger partial charge in [0.25, 0.3) is 0 Å². The SMILES string of the molecule is CCN(CCCl)Cc1ccc(C(C)C)cc1. The van der Waals surface area contributed by atoms with Gasteiger partial charge >= 0.3 is 0 Å². The van der Waals surface area contributed by atoms with Crippen molar-refractivity contribution in [1.82, 2.24) is 4.90 Å². The molecule has 0 saturated carbocycles. The lowest BCUT2D eigenvalue weighted by atomic mass is 10.0. The fourth-order valence-electron chi connectivity index (χ4n) is 1.73. The summed E-state index contributed by atoms with van der Waals surface area (Å²) in [5.74, 6) is 1.32. The largest absolute Gasteiger partial charge is 0.298 e. The average Bonchev–Trinajstić information content (AvgIpc) is 2.29. The van der Waals surface area contributed by atoms with E-state index in [2.05, 4.69) is 49.9 Å². The van der Waals surface area contributed by atoms with E-state index in [4.69, 9.17) is 11.6 Å². The predicted octanol–water partition coefficient (Wildman–Crippen LogP) is 3.87. The molecular formula is C14H22ClN. The number of alkyl halides is 1. The first kappa shape index (κ1) is 13.5. The second-order valence-corrected chi connectivity index (χ2v) is 4.83. The molecule has 0 aromatic heterocycles. The van der Waals surface area contributed by atoms with Crippen molar-refractivity contribution in [2.45, 2.75) is 33.2 Å². The molecule has 0 aliphatic rings. The Bertz CT molecular complexity index is 292. The van der Waals surface area contributed by atoms with Crippen molar-refractivity contribution in [3.63, 3.8) is 0 Å². The number of nitrogens with zero attached hydrogens (tertiary/aromatic N) is 1. The maximum atomic E-state index is 5.77. The Kier molecular flexibility index (Phi) is 5.86. The van der Waals surface area contributed by atoms with Crippen LogP contribution in [0.2, 0.25) is 0 Å². The maximum Gasteiger partial charge on any atom is 0.0351 e. The number of halogens is 1. The molecular weight excluding hydrogens is 218 g/mol. The molecule has 90 valence electrons. The molecule has 1 aromatic carbocycles. The summed E-state index contributed by atoms with van der Waals surface area (Å²) in [5.41, 5.74) is 2.78. The molecule has 0 aliphatic carbocycles. The molecule has 1 rings (SSSR count). The van der Waals surface area contributed by atoms with Gasteiger partial charge in [0.2, 0.25) is 0 Å². The molecule has 16 heavy (non-hydrogen) atoms. The van der Waals surface area contributed by atoms with Crippen LogP contribution in [0.25, 0.3) is 0 Å². The molecule has 0 fully saturated rings. The van der Waals surface area contributed by atoms with E-state index in [-0.39, 0.29) is 0 Å². The van der Waals surface area contributed by atoms with E-state index in [1.54, 1.807) is 0 Å². The normalized spacial score (nSPS) is 11.4. The summed E-state index contributed by atoms with van der Waals surface area (Å²) in [7, 11) is 0. The standard InChI is InChI=1S/C14H22ClN/c1-4-16(10-9-15)11-13-5-7-14(8-6-13)12(2)3/h5-8,12H,4,9-11H2,1-3H3.